The van der Waals surface area contributed by atoms with Crippen molar-refractivity contribution in [2.45, 2.75) is 44.8 Å². The summed E-state index contributed by atoms with van der Waals surface area (Å²) in [6.45, 7) is 2.38. The normalized spacial score (nSPS) is 21.7. The first-order valence-corrected chi connectivity index (χ1v) is 7.45. The van der Waals surface area contributed by atoms with Crippen LogP contribution in [0, 0.1) is 0 Å². The number of carbonyl (C=O) groups excluding carboxylic acids is 1. The Kier molecular flexibility index (Phi) is 5.44. The van der Waals surface area contributed by atoms with Gasteiger partial charge in [-0.15, -0.1) is 0 Å². The number of nitrogens with one attached hydrogen (secondary N) is 1. The molecule has 1 aromatic rings. The molecule has 2 rings (SSSR count). The highest BCUT2D eigenvalue weighted by molar-refractivity contribution is 5.95. The second-order valence-electron chi connectivity index (χ2n) is 5.23. The number of hydrogen-bond acceptors (Lipinski definition) is 4. The maximum absolute atomic E-state index is 12.3. The molecule has 2 atom stereocenters. The fourth-order valence-electron chi connectivity index (χ4n) is 2.62. The lowest BCUT2D eigenvalue weighted by atomic mass is 9.92. The van der Waals surface area contributed by atoms with E-state index in [4.69, 9.17) is 9.47 Å². The number of aliphatic hydroxyl groups excluding tert-OH is 1. The molecule has 5 heteroatoms. The standard InChI is InChI=1S/C16H23NO4/c1-3-21-15-10-11(8-9-14(15)20-2)16(19)17-12-6-4-5-7-13(12)18/h8-10,12-13,18H,3-7H2,1-2H3,(H,17,19). The van der Waals surface area contributed by atoms with E-state index in [2.05, 4.69) is 5.32 Å². The Morgan fingerprint density at radius 3 is 2.76 bits per heavy atom. The molecule has 2 N–H and O–H groups in total. The first kappa shape index (κ1) is 15.6. The molecule has 1 saturated carbocycles. The van der Waals surface area contributed by atoms with Crippen LogP contribution in [0.2, 0.25) is 0 Å². The quantitative estimate of drug-likeness (QED) is 0.872. The third-order valence-electron chi connectivity index (χ3n) is 3.77. The molecule has 1 aliphatic carbocycles. The molecule has 1 amide bonds. The van der Waals surface area contributed by atoms with Crippen LogP contribution in [0.25, 0.3) is 0 Å². The smallest absolute Gasteiger partial charge is 0.251 e. The van der Waals surface area contributed by atoms with Crippen molar-refractivity contribution in [2.75, 3.05) is 13.7 Å². The van der Waals surface area contributed by atoms with Gasteiger partial charge in [0.15, 0.2) is 11.5 Å². The van der Waals surface area contributed by atoms with Gasteiger partial charge in [0.2, 0.25) is 0 Å². The van der Waals surface area contributed by atoms with Gasteiger partial charge in [-0.25, -0.2) is 0 Å². The van der Waals surface area contributed by atoms with Gasteiger partial charge < -0.3 is 19.9 Å². The summed E-state index contributed by atoms with van der Waals surface area (Å²) in [6.07, 6.45) is 3.17. The molecule has 0 saturated heterocycles. The fraction of sp³-hybridized carbons (Fsp3) is 0.562. The summed E-state index contributed by atoms with van der Waals surface area (Å²) >= 11 is 0. The largest absolute Gasteiger partial charge is 0.493 e. The van der Waals surface area contributed by atoms with E-state index in [0.717, 1.165) is 25.7 Å². The van der Waals surface area contributed by atoms with Crippen LogP contribution < -0.4 is 14.8 Å². The maximum atomic E-state index is 12.3. The predicted molar refractivity (Wildman–Crippen MR) is 79.9 cm³/mol. The number of ether oxygens (including phenoxy) is 2. The van der Waals surface area contributed by atoms with Gasteiger partial charge in [0, 0.05) is 5.56 Å². The lowest BCUT2D eigenvalue weighted by molar-refractivity contribution is 0.0717. The minimum atomic E-state index is -0.452. The third kappa shape index (κ3) is 3.88. The maximum Gasteiger partial charge on any atom is 0.251 e. The Labute approximate surface area is 125 Å². The van der Waals surface area contributed by atoms with Crippen molar-refractivity contribution >= 4 is 5.91 Å². The van der Waals surface area contributed by atoms with Crippen LogP contribution in [0.5, 0.6) is 11.5 Å². The number of rotatable bonds is 5. The van der Waals surface area contributed by atoms with Crippen LogP contribution in [0.1, 0.15) is 43.0 Å². The van der Waals surface area contributed by atoms with E-state index < -0.39 is 6.10 Å². The van der Waals surface area contributed by atoms with Gasteiger partial charge >= 0.3 is 0 Å². The van der Waals surface area contributed by atoms with E-state index in [-0.39, 0.29) is 11.9 Å². The third-order valence-corrected chi connectivity index (χ3v) is 3.77. The van der Waals surface area contributed by atoms with Crippen molar-refractivity contribution in [3.63, 3.8) is 0 Å². The summed E-state index contributed by atoms with van der Waals surface area (Å²) in [5.74, 6) is 0.965. The topological polar surface area (TPSA) is 67.8 Å². The number of amides is 1. The van der Waals surface area contributed by atoms with Gasteiger partial charge in [-0.2, -0.15) is 0 Å². The van der Waals surface area contributed by atoms with E-state index in [1.807, 2.05) is 6.92 Å². The van der Waals surface area contributed by atoms with E-state index in [0.29, 0.717) is 23.7 Å². The minimum Gasteiger partial charge on any atom is -0.493 e. The number of aliphatic hydroxyl groups is 1. The highest BCUT2D eigenvalue weighted by atomic mass is 16.5. The first-order chi connectivity index (χ1) is 10.2. The molecule has 1 aliphatic rings. The summed E-state index contributed by atoms with van der Waals surface area (Å²) in [4.78, 5) is 12.3. The number of methoxy groups -OCH3 is 1. The molecule has 0 aromatic heterocycles. The van der Waals surface area contributed by atoms with Crippen LogP contribution in [0.3, 0.4) is 0 Å². The Balaban J connectivity index is 2.09. The Morgan fingerprint density at radius 2 is 2.10 bits per heavy atom. The summed E-state index contributed by atoms with van der Waals surface area (Å²) in [5, 5.41) is 12.8. The minimum absolute atomic E-state index is 0.163. The van der Waals surface area contributed by atoms with Gasteiger partial charge in [0.25, 0.3) is 5.91 Å². The fourth-order valence-corrected chi connectivity index (χ4v) is 2.62. The van der Waals surface area contributed by atoms with Gasteiger partial charge in [-0.1, -0.05) is 12.8 Å². The number of carbonyl (C=O) groups is 1. The lowest BCUT2D eigenvalue weighted by Gasteiger charge is -2.28. The molecule has 0 aliphatic heterocycles. The molecule has 0 spiro atoms. The van der Waals surface area contributed by atoms with Crippen LogP contribution in [-0.2, 0) is 0 Å². The second-order valence-corrected chi connectivity index (χ2v) is 5.23. The summed E-state index contributed by atoms with van der Waals surface area (Å²) in [6, 6.07) is 4.93. The zero-order valence-electron chi connectivity index (χ0n) is 12.6. The lowest BCUT2D eigenvalue weighted by Crippen LogP contribution is -2.45. The van der Waals surface area contributed by atoms with E-state index in [1.54, 1.807) is 25.3 Å². The Morgan fingerprint density at radius 1 is 1.33 bits per heavy atom. The average molecular weight is 293 g/mol. The summed E-state index contributed by atoms with van der Waals surface area (Å²) in [7, 11) is 1.57. The molecule has 0 heterocycles. The van der Waals surface area contributed by atoms with Crippen molar-refractivity contribution < 1.29 is 19.4 Å². The zero-order valence-corrected chi connectivity index (χ0v) is 12.6. The molecule has 2 unspecified atom stereocenters. The van der Waals surface area contributed by atoms with Crippen LogP contribution in [-0.4, -0.2) is 36.9 Å². The Bertz CT molecular complexity index is 489. The van der Waals surface area contributed by atoms with Crippen molar-refractivity contribution in [3.05, 3.63) is 23.8 Å². The highest BCUT2D eigenvalue weighted by Crippen LogP contribution is 2.28. The average Bonchev–Trinajstić information content (AvgIpc) is 2.50. The van der Waals surface area contributed by atoms with Crippen molar-refractivity contribution in [1.29, 1.82) is 0 Å². The molecular weight excluding hydrogens is 270 g/mol. The molecule has 1 aromatic carbocycles. The van der Waals surface area contributed by atoms with Gasteiger partial charge in [0.1, 0.15) is 0 Å². The molecule has 0 bridgehead atoms. The van der Waals surface area contributed by atoms with Crippen molar-refractivity contribution in [3.8, 4) is 11.5 Å². The van der Waals surface area contributed by atoms with E-state index >= 15 is 0 Å². The van der Waals surface area contributed by atoms with Gasteiger partial charge in [-0.3, -0.25) is 4.79 Å². The van der Waals surface area contributed by atoms with Gasteiger partial charge in [0.05, 0.1) is 25.9 Å². The van der Waals surface area contributed by atoms with Crippen LogP contribution in [0.15, 0.2) is 18.2 Å². The molecule has 116 valence electrons. The second kappa shape index (κ2) is 7.31. The van der Waals surface area contributed by atoms with E-state index in [9.17, 15) is 9.90 Å². The molecule has 1 fully saturated rings. The molecule has 21 heavy (non-hydrogen) atoms. The first-order valence-electron chi connectivity index (χ1n) is 7.45. The predicted octanol–water partition coefficient (Wildman–Crippen LogP) is 2.13. The summed E-state index contributed by atoms with van der Waals surface area (Å²) < 4.78 is 10.7. The molecule has 5 nitrogen and oxygen atoms in total. The zero-order chi connectivity index (χ0) is 15.2. The van der Waals surface area contributed by atoms with Crippen LogP contribution >= 0.6 is 0 Å². The molecule has 0 radical (unpaired) electrons. The van der Waals surface area contributed by atoms with Gasteiger partial charge in [-0.05, 0) is 38.0 Å². The Hall–Kier alpha value is -1.75. The molecular formula is C16H23NO4. The van der Waals surface area contributed by atoms with Crippen LogP contribution in [0.4, 0.5) is 0 Å². The summed E-state index contributed by atoms with van der Waals surface area (Å²) in [5.41, 5.74) is 0.511. The highest BCUT2D eigenvalue weighted by Gasteiger charge is 2.25. The number of hydrogen-bond donors (Lipinski definition) is 2. The van der Waals surface area contributed by atoms with Crippen molar-refractivity contribution in [1.82, 2.24) is 5.32 Å². The van der Waals surface area contributed by atoms with E-state index in [1.165, 1.54) is 0 Å². The van der Waals surface area contributed by atoms with Crippen molar-refractivity contribution in [2.24, 2.45) is 0 Å². The monoisotopic (exact) mass is 293 g/mol. The number of benzene rings is 1. The SMILES string of the molecule is CCOc1cc(C(=O)NC2CCCCC2O)ccc1OC.